The topological polar surface area (TPSA) is 72.2 Å². The summed E-state index contributed by atoms with van der Waals surface area (Å²) in [5.41, 5.74) is 0.903. The van der Waals surface area contributed by atoms with Crippen LogP contribution in [0.15, 0.2) is 12.4 Å². The van der Waals surface area contributed by atoms with E-state index in [0.717, 1.165) is 24.8 Å². The number of aliphatic carboxylic acids is 1. The molecular weight excluding hydrogens is 252 g/mol. The van der Waals surface area contributed by atoms with Gasteiger partial charge in [-0.15, -0.1) is 0 Å². The van der Waals surface area contributed by atoms with Gasteiger partial charge in [0.05, 0.1) is 12.6 Å². The molecule has 2 rings (SSSR count). The van der Waals surface area contributed by atoms with Crippen LogP contribution in [-0.2, 0) is 29.1 Å². The average molecular weight is 270 g/mol. The third-order valence-electron chi connectivity index (χ3n) is 3.33. The highest BCUT2D eigenvalue weighted by Crippen LogP contribution is 2.49. The Labute approximate surface area is 109 Å². The average Bonchev–Trinajstić information content (AvgIpc) is 2.86. The highest BCUT2D eigenvalue weighted by molar-refractivity contribution is 7.85. The number of aromatic nitrogens is 2. The molecule has 1 fully saturated rings. The molecule has 0 bridgehead atoms. The first-order valence-corrected chi connectivity index (χ1v) is 7.52. The molecule has 1 saturated carbocycles. The SMILES string of the molecule is Cn1cc(CCS(=O)CC2(CC(=O)O)CC2)cn1. The van der Waals surface area contributed by atoms with E-state index in [1.807, 2.05) is 13.2 Å². The summed E-state index contributed by atoms with van der Waals surface area (Å²) in [6.45, 7) is 0. The van der Waals surface area contributed by atoms with Gasteiger partial charge in [0.15, 0.2) is 0 Å². The lowest BCUT2D eigenvalue weighted by Gasteiger charge is -2.11. The van der Waals surface area contributed by atoms with Gasteiger partial charge >= 0.3 is 5.97 Å². The highest BCUT2D eigenvalue weighted by Gasteiger charge is 2.45. The lowest BCUT2D eigenvalue weighted by atomic mass is 10.1. The summed E-state index contributed by atoms with van der Waals surface area (Å²) in [6, 6.07) is 0. The molecule has 0 amide bonds. The minimum atomic E-state index is -0.935. The molecule has 5 nitrogen and oxygen atoms in total. The van der Waals surface area contributed by atoms with Crippen molar-refractivity contribution in [3.63, 3.8) is 0 Å². The maximum atomic E-state index is 12.0. The van der Waals surface area contributed by atoms with Gasteiger partial charge in [-0.05, 0) is 30.2 Å². The van der Waals surface area contributed by atoms with E-state index >= 15 is 0 Å². The summed E-state index contributed by atoms with van der Waals surface area (Å²) in [5, 5.41) is 12.9. The Hall–Kier alpha value is -1.17. The maximum absolute atomic E-state index is 12.0. The molecule has 6 heteroatoms. The van der Waals surface area contributed by atoms with E-state index in [1.54, 1.807) is 10.9 Å². The highest BCUT2D eigenvalue weighted by atomic mass is 32.2. The van der Waals surface area contributed by atoms with Crippen LogP contribution in [-0.4, -0.2) is 36.6 Å². The molecule has 1 aliphatic carbocycles. The minimum Gasteiger partial charge on any atom is -0.481 e. The second kappa shape index (κ2) is 5.22. The van der Waals surface area contributed by atoms with Crippen LogP contribution in [0, 0.1) is 5.41 Å². The van der Waals surface area contributed by atoms with E-state index < -0.39 is 16.8 Å². The van der Waals surface area contributed by atoms with Gasteiger partial charge < -0.3 is 5.11 Å². The van der Waals surface area contributed by atoms with Gasteiger partial charge in [0.1, 0.15) is 0 Å². The molecule has 1 aromatic rings. The van der Waals surface area contributed by atoms with Crippen LogP contribution in [0.2, 0.25) is 0 Å². The zero-order valence-electron chi connectivity index (χ0n) is 10.5. The second-order valence-corrected chi connectivity index (χ2v) is 6.71. The van der Waals surface area contributed by atoms with E-state index in [0.29, 0.717) is 11.5 Å². The number of aryl methyl sites for hydroxylation is 2. The lowest BCUT2D eigenvalue weighted by Crippen LogP contribution is -2.18. The molecule has 0 saturated heterocycles. The molecule has 0 spiro atoms. The summed E-state index contributed by atoms with van der Waals surface area (Å²) < 4.78 is 13.7. The molecule has 1 atom stereocenters. The summed E-state index contributed by atoms with van der Waals surface area (Å²) in [5.74, 6) is 0.337. The number of carboxylic acid groups (broad SMARTS) is 1. The predicted octanol–water partition coefficient (Wildman–Crippen LogP) is 0.966. The summed E-state index contributed by atoms with van der Waals surface area (Å²) in [6.07, 6.45) is 6.40. The fourth-order valence-electron chi connectivity index (χ4n) is 2.12. The molecule has 0 radical (unpaired) electrons. The van der Waals surface area contributed by atoms with Gasteiger partial charge in [-0.25, -0.2) is 0 Å². The fourth-order valence-corrected chi connectivity index (χ4v) is 3.80. The van der Waals surface area contributed by atoms with E-state index in [1.165, 1.54) is 0 Å². The van der Waals surface area contributed by atoms with Gasteiger partial charge in [0.2, 0.25) is 0 Å². The van der Waals surface area contributed by atoms with Crippen LogP contribution in [0.25, 0.3) is 0 Å². The molecule has 0 aliphatic heterocycles. The lowest BCUT2D eigenvalue weighted by molar-refractivity contribution is -0.138. The van der Waals surface area contributed by atoms with E-state index in [9.17, 15) is 9.00 Å². The molecular formula is C12H18N2O3S. The number of carboxylic acids is 1. The fraction of sp³-hybridized carbons (Fsp3) is 0.667. The van der Waals surface area contributed by atoms with Crippen LogP contribution >= 0.6 is 0 Å². The monoisotopic (exact) mass is 270 g/mol. The Morgan fingerprint density at radius 1 is 1.61 bits per heavy atom. The van der Waals surface area contributed by atoms with Crippen LogP contribution in [0.1, 0.15) is 24.8 Å². The third-order valence-corrected chi connectivity index (χ3v) is 4.92. The Morgan fingerprint density at radius 2 is 2.33 bits per heavy atom. The summed E-state index contributed by atoms with van der Waals surface area (Å²) in [4.78, 5) is 10.7. The first-order valence-electron chi connectivity index (χ1n) is 6.03. The van der Waals surface area contributed by atoms with Crippen molar-refractivity contribution >= 4 is 16.8 Å². The normalized spacial score (nSPS) is 18.5. The van der Waals surface area contributed by atoms with E-state index in [-0.39, 0.29) is 11.8 Å². The van der Waals surface area contributed by atoms with Crippen molar-refractivity contribution in [2.45, 2.75) is 25.7 Å². The third kappa shape index (κ3) is 3.66. The second-order valence-electron chi connectivity index (χ2n) is 5.13. The number of carbonyl (C=O) groups is 1. The Morgan fingerprint density at radius 3 is 2.83 bits per heavy atom. The van der Waals surface area contributed by atoms with Gasteiger partial charge in [-0.3, -0.25) is 13.7 Å². The summed E-state index contributed by atoms with van der Waals surface area (Å²) >= 11 is 0. The zero-order valence-corrected chi connectivity index (χ0v) is 11.3. The van der Waals surface area contributed by atoms with Crippen LogP contribution < -0.4 is 0 Å². The number of nitrogens with zero attached hydrogens (tertiary/aromatic N) is 2. The van der Waals surface area contributed by atoms with Crippen molar-refractivity contribution in [1.82, 2.24) is 9.78 Å². The molecule has 1 N–H and O–H groups in total. The first kappa shape index (κ1) is 13.3. The predicted molar refractivity (Wildman–Crippen MR) is 68.7 cm³/mol. The minimum absolute atomic E-state index is 0.158. The molecule has 18 heavy (non-hydrogen) atoms. The van der Waals surface area contributed by atoms with Crippen LogP contribution in [0.4, 0.5) is 0 Å². The van der Waals surface area contributed by atoms with E-state index in [4.69, 9.17) is 5.11 Å². The van der Waals surface area contributed by atoms with Gasteiger partial charge in [0.25, 0.3) is 0 Å². The van der Waals surface area contributed by atoms with Crippen molar-refractivity contribution in [1.29, 1.82) is 0 Å². The number of hydrogen-bond donors (Lipinski definition) is 1. The molecule has 1 aliphatic rings. The summed E-state index contributed by atoms with van der Waals surface area (Å²) in [7, 11) is 0.919. The van der Waals surface area contributed by atoms with Crippen molar-refractivity contribution in [2.24, 2.45) is 12.5 Å². The largest absolute Gasteiger partial charge is 0.481 e. The maximum Gasteiger partial charge on any atom is 0.303 e. The molecule has 1 unspecified atom stereocenters. The van der Waals surface area contributed by atoms with Crippen LogP contribution in [0.3, 0.4) is 0 Å². The van der Waals surface area contributed by atoms with Crippen molar-refractivity contribution < 1.29 is 14.1 Å². The smallest absolute Gasteiger partial charge is 0.303 e. The van der Waals surface area contributed by atoms with E-state index in [2.05, 4.69) is 5.10 Å². The Kier molecular flexibility index (Phi) is 3.85. The van der Waals surface area contributed by atoms with Crippen molar-refractivity contribution in [3.8, 4) is 0 Å². The van der Waals surface area contributed by atoms with Crippen molar-refractivity contribution in [2.75, 3.05) is 11.5 Å². The number of rotatable bonds is 7. The zero-order chi connectivity index (χ0) is 13.2. The Bertz CT molecular complexity index is 466. The standard InChI is InChI=1S/C12H18N2O3S/c1-14-8-10(7-13-14)2-5-18(17)9-12(3-4-12)6-11(15)16/h7-8H,2-6,9H2,1H3,(H,15,16). The quantitative estimate of drug-likeness (QED) is 0.801. The molecule has 1 heterocycles. The first-order chi connectivity index (χ1) is 8.49. The molecule has 0 aromatic carbocycles. The Balaban J connectivity index is 1.77. The number of hydrogen-bond acceptors (Lipinski definition) is 3. The van der Waals surface area contributed by atoms with Gasteiger partial charge in [-0.1, -0.05) is 0 Å². The van der Waals surface area contributed by atoms with Gasteiger partial charge in [0, 0.05) is 35.5 Å². The van der Waals surface area contributed by atoms with Crippen molar-refractivity contribution in [3.05, 3.63) is 18.0 Å². The van der Waals surface area contributed by atoms with Gasteiger partial charge in [-0.2, -0.15) is 5.10 Å². The molecule has 100 valence electrons. The molecule has 1 aromatic heterocycles. The van der Waals surface area contributed by atoms with Crippen LogP contribution in [0.5, 0.6) is 0 Å².